The first kappa shape index (κ1) is 25.1. The Morgan fingerprint density at radius 1 is 1.00 bits per heavy atom. The minimum atomic E-state index is -4.21. The molecule has 1 aliphatic heterocycles. The average Bonchev–Trinajstić information content (AvgIpc) is 3.52. The van der Waals surface area contributed by atoms with E-state index in [0.29, 0.717) is 35.5 Å². The highest BCUT2D eigenvalue weighted by Gasteiger charge is 2.69. The lowest BCUT2D eigenvalue weighted by Crippen LogP contribution is -2.42. The summed E-state index contributed by atoms with van der Waals surface area (Å²) >= 11 is 0. The van der Waals surface area contributed by atoms with E-state index in [1.54, 1.807) is 10.6 Å². The third-order valence-corrected chi connectivity index (χ3v) is 9.57. The summed E-state index contributed by atoms with van der Waals surface area (Å²) in [6.45, 7) is 5.75. The molecule has 39 heavy (non-hydrogen) atoms. The molecule has 5 fully saturated rings. The Kier molecular flexibility index (Phi) is 5.51. The first-order chi connectivity index (χ1) is 18.5. The summed E-state index contributed by atoms with van der Waals surface area (Å²) in [5.41, 5.74) is 2.45. The molecule has 206 valence electrons. The summed E-state index contributed by atoms with van der Waals surface area (Å²) in [5, 5.41) is 0. The molecule has 4 aliphatic carbocycles. The van der Waals surface area contributed by atoms with Crippen LogP contribution in [0.1, 0.15) is 104 Å². The van der Waals surface area contributed by atoms with Crippen molar-refractivity contribution in [2.24, 2.45) is 11.3 Å². The number of pyridine rings is 1. The fourth-order valence-electron chi connectivity index (χ4n) is 7.16. The van der Waals surface area contributed by atoms with E-state index in [2.05, 4.69) is 0 Å². The third kappa shape index (κ3) is 4.08. The molecule has 10 heteroatoms. The smallest absolute Gasteiger partial charge is 0.370 e. The maximum absolute atomic E-state index is 13.9. The van der Waals surface area contributed by atoms with Crippen LogP contribution in [-0.4, -0.2) is 36.8 Å². The van der Waals surface area contributed by atoms with Crippen molar-refractivity contribution >= 4 is 11.2 Å². The number of hydrogen-bond acceptors (Lipinski definition) is 6. The van der Waals surface area contributed by atoms with Gasteiger partial charge in [0.2, 0.25) is 0 Å². The zero-order valence-corrected chi connectivity index (χ0v) is 22.3. The Morgan fingerprint density at radius 3 is 2.44 bits per heavy atom. The molecule has 0 unspecified atom stereocenters. The van der Waals surface area contributed by atoms with Crippen LogP contribution in [0.4, 0.5) is 13.2 Å². The molecule has 2 bridgehead atoms. The zero-order valence-electron chi connectivity index (χ0n) is 22.3. The molecule has 0 amide bonds. The summed E-state index contributed by atoms with van der Waals surface area (Å²) in [4.78, 5) is 31.7. The van der Waals surface area contributed by atoms with Crippen molar-refractivity contribution in [3.8, 4) is 0 Å². The van der Waals surface area contributed by atoms with E-state index in [4.69, 9.17) is 24.7 Å². The lowest BCUT2D eigenvalue weighted by molar-refractivity contribution is -0.244. The van der Waals surface area contributed by atoms with E-state index < -0.39 is 11.6 Å². The predicted molar refractivity (Wildman–Crippen MR) is 137 cm³/mol. The van der Waals surface area contributed by atoms with Gasteiger partial charge >= 0.3 is 6.18 Å². The molecule has 0 radical (unpaired) electrons. The summed E-state index contributed by atoms with van der Waals surface area (Å²) < 4.78 is 49.9. The molecule has 7 nitrogen and oxygen atoms in total. The number of aryl methyl sites for hydroxylation is 2. The van der Waals surface area contributed by atoms with Gasteiger partial charge in [-0.25, -0.2) is 19.9 Å². The number of alkyl halides is 3. The van der Waals surface area contributed by atoms with Gasteiger partial charge in [-0.3, -0.25) is 4.79 Å². The molecule has 4 saturated carbocycles. The van der Waals surface area contributed by atoms with Crippen LogP contribution in [0, 0.1) is 25.2 Å². The van der Waals surface area contributed by atoms with Gasteiger partial charge in [-0.15, -0.1) is 0 Å². The van der Waals surface area contributed by atoms with Crippen LogP contribution in [0.3, 0.4) is 0 Å². The Bertz CT molecular complexity index is 1530. The average molecular weight is 540 g/mol. The molecule has 0 spiro atoms. The normalized spacial score (nSPS) is 32.4. The summed E-state index contributed by atoms with van der Waals surface area (Å²) in [6, 6.07) is 3.72. The highest BCUT2D eigenvalue weighted by Crippen LogP contribution is 2.70. The Hall–Kier alpha value is -2.88. The van der Waals surface area contributed by atoms with Gasteiger partial charge in [0.15, 0.2) is 5.65 Å². The first-order valence-electron chi connectivity index (χ1n) is 14.0. The number of fused-ring (bicyclic) bond motifs is 2. The van der Waals surface area contributed by atoms with Gasteiger partial charge in [-0.2, -0.15) is 13.2 Å². The number of hydrogen-bond donors (Lipinski definition) is 0. The van der Waals surface area contributed by atoms with Crippen LogP contribution < -0.4 is 5.56 Å². The van der Waals surface area contributed by atoms with Crippen LogP contribution in [0.15, 0.2) is 23.1 Å². The van der Waals surface area contributed by atoms with E-state index >= 15 is 0 Å². The van der Waals surface area contributed by atoms with Gasteiger partial charge in [0.25, 0.3) is 5.56 Å². The molecule has 0 aromatic carbocycles. The van der Waals surface area contributed by atoms with Crippen LogP contribution in [0.2, 0.25) is 0 Å². The molecule has 4 atom stereocenters. The van der Waals surface area contributed by atoms with Crippen molar-refractivity contribution in [1.29, 1.82) is 0 Å². The predicted octanol–water partition coefficient (Wildman–Crippen LogP) is 6.00. The van der Waals surface area contributed by atoms with Crippen molar-refractivity contribution in [2.75, 3.05) is 0 Å². The quantitative estimate of drug-likeness (QED) is 0.404. The Balaban J connectivity index is 1.27. The van der Waals surface area contributed by atoms with Crippen LogP contribution >= 0.6 is 0 Å². The number of rotatable bonds is 4. The second kappa shape index (κ2) is 8.56. The lowest BCUT2D eigenvalue weighted by Gasteiger charge is -2.39. The minimum absolute atomic E-state index is 0.0000258. The third-order valence-electron chi connectivity index (χ3n) is 9.57. The molecule has 0 N–H and O–H groups in total. The Morgan fingerprint density at radius 2 is 1.74 bits per heavy atom. The van der Waals surface area contributed by atoms with E-state index in [1.807, 2.05) is 33.0 Å². The standard InChI is InChI=1S/C29H32F3N5O2/c1-14-8-18(9-22(39-14)17-4-7-23(38)37(13-17)20-5-6-20)26-35-24(25-27(36-26)34-16(3)15(2)33-25)21-12-28(29(30,31)32)10-19(21)11-28/h4,7,13-14,18-22H,5-6,8-12H2,1-3H3/t14-,18+,19?,21-,22-,28?/m1/s1. The van der Waals surface area contributed by atoms with E-state index in [9.17, 15) is 18.0 Å². The molecule has 8 rings (SSSR count). The second-order valence-corrected chi connectivity index (χ2v) is 12.3. The van der Waals surface area contributed by atoms with Gasteiger partial charge in [0.1, 0.15) is 11.3 Å². The van der Waals surface area contributed by atoms with Gasteiger partial charge in [-0.05, 0) is 83.3 Å². The largest absolute Gasteiger partial charge is 0.394 e. The van der Waals surface area contributed by atoms with Gasteiger partial charge in [-0.1, -0.05) is 0 Å². The van der Waals surface area contributed by atoms with Crippen LogP contribution in [0.25, 0.3) is 11.2 Å². The summed E-state index contributed by atoms with van der Waals surface area (Å²) in [7, 11) is 0. The minimum Gasteiger partial charge on any atom is -0.370 e. The molecule has 1 saturated heterocycles. The maximum Gasteiger partial charge on any atom is 0.394 e. The van der Waals surface area contributed by atoms with Crippen molar-refractivity contribution in [1.82, 2.24) is 24.5 Å². The molecular formula is C29H32F3N5O2. The highest BCUT2D eigenvalue weighted by molar-refractivity contribution is 5.74. The first-order valence-corrected chi connectivity index (χ1v) is 14.0. The van der Waals surface area contributed by atoms with Crippen molar-refractivity contribution in [3.63, 3.8) is 0 Å². The van der Waals surface area contributed by atoms with Crippen LogP contribution in [0.5, 0.6) is 0 Å². The van der Waals surface area contributed by atoms with Crippen LogP contribution in [-0.2, 0) is 4.74 Å². The summed E-state index contributed by atoms with van der Waals surface area (Å²) in [5.74, 6) is 0.198. The highest BCUT2D eigenvalue weighted by atomic mass is 19.4. The number of ether oxygens (including phenoxy) is 1. The molecule has 3 aromatic rings. The second-order valence-electron chi connectivity index (χ2n) is 12.3. The van der Waals surface area contributed by atoms with Gasteiger partial charge in [0, 0.05) is 30.1 Å². The molecule has 5 aliphatic rings. The van der Waals surface area contributed by atoms with Gasteiger partial charge in [0.05, 0.1) is 34.7 Å². The van der Waals surface area contributed by atoms with Gasteiger partial charge < -0.3 is 9.30 Å². The fourth-order valence-corrected chi connectivity index (χ4v) is 7.16. The van der Waals surface area contributed by atoms with E-state index in [-0.39, 0.29) is 60.8 Å². The number of aromatic nitrogens is 5. The number of halogens is 3. The topological polar surface area (TPSA) is 82.8 Å². The zero-order chi connectivity index (χ0) is 27.3. The molecule has 4 heterocycles. The number of nitrogens with zero attached hydrogens (tertiary/aromatic N) is 5. The van der Waals surface area contributed by atoms with Crippen molar-refractivity contribution in [3.05, 3.63) is 57.2 Å². The molecular weight excluding hydrogens is 507 g/mol. The van der Waals surface area contributed by atoms with E-state index in [1.165, 1.54) is 0 Å². The lowest BCUT2D eigenvalue weighted by atomic mass is 9.68. The summed E-state index contributed by atoms with van der Waals surface area (Å²) in [6.07, 6.45) is 1.13. The maximum atomic E-state index is 13.9. The SMILES string of the molecule is Cc1nc2nc([C@H]3C[C@@H](C)O[C@@H](c4ccc(=O)n(C5CC5)c4)C3)nc([C@@H]3CC4(C(F)(F)F)CC3C4)c2nc1C. The van der Waals surface area contributed by atoms with Crippen molar-refractivity contribution < 1.29 is 17.9 Å². The van der Waals surface area contributed by atoms with E-state index in [0.717, 1.165) is 29.8 Å². The fraction of sp³-hybridized carbons (Fsp3) is 0.621. The van der Waals surface area contributed by atoms with Crippen molar-refractivity contribution in [2.45, 2.75) is 102 Å². The Labute approximate surface area is 224 Å². The monoisotopic (exact) mass is 539 g/mol. The molecule has 3 aromatic heterocycles.